The van der Waals surface area contributed by atoms with Crippen LogP contribution in [0.1, 0.15) is 0 Å². The highest BCUT2D eigenvalue weighted by molar-refractivity contribution is 6.30. The second kappa shape index (κ2) is 3.49. The SMILES string of the molecule is COc1[nH]cc(Cl)c(=O)c1OC. The van der Waals surface area contributed by atoms with Gasteiger partial charge in [0.2, 0.25) is 17.1 Å². The molecule has 0 aliphatic rings. The zero-order chi connectivity index (χ0) is 9.14. The van der Waals surface area contributed by atoms with Gasteiger partial charge in [0.15, 0.2) is 0 Å². The number of rotatable bonds is 2. The van der Waals surface area contributed by atoms with Crippen LogP contribution in [-0.2, 0) is 0 Å². The smallest absolute Gasteiger partial charge is 0.245 e. The minimum atomic E-state index is -0.380. The fourth-order valence-corrected chi connectivity index (χ4v) is 0.949. The number of halogens is 1. The van der Waals surface area contributed by atoms with Crippen molar-refractivity contribution in [3.8, 4) is 11.6 Å². The molecule has 0 bridgehead atoms. The van der Waals surface area contributed by atoms with Gasteiger partial charge in [0.1, 0.15) is 5.02 Å². The zero-order valence-corrected chi connectivity index (χ0v) is 7.44. The minimum absolute atomic E-state index is 0.0765. The molecule has 0 aromatic carbocycles. The molecule has 0 amide bonds. The van der Waals surface area contributed by atoms with Crippen LogP contribution in [0.4, 0.5) is 0 Å². The number of H-pyrrole nitrogens is 1. The molecule has 66 valence electrons. The number of pyridine rings is 1. The molecule has 1 aromatic heterocycles. The quantitative estimate of drug-likeness (QED) is 0.757. The number of aromatic nitrogens is 1. The summed E-state index contributed by atoms with van der Waals surface area (Å²) in [6, 6.07) is 0. The van der Waals surface area contributed by atoms with Crippen LogP contribution < -0.4 is 14.9 Å². The van der Waals surface area contributed by atoms with E-state index in [0.29, 0.717) is 0 Å². The number of methoxy groups -OCH3 is 2. The number of ether oxygens (including phenoxy) is 2. The predicted molar refractivity (Wildman–Crippen MR) is 45.2 cm³/mol. The maximum absolute atomic E-state index is 11.2. The van der Waals surface area contributed by atoms with E-state index in [1.807, 2.05) is 0 Å². The lowest BCUT2D eigenvalue weighted by molar-refractivity contribution is 0.340. The van der Waals surface area contributed by atoms with Crippen molar-refractivity contribution in [1.29, 1.82) is 0 Å². The van der Waals surface area contributed by atoms with Crippen molar-refractivity contribution in [1.82, 2.24) is 4.98 Å². The number of hydrogen-bond acceptors (Lipinski definition) is 3. The maximum atomic E-state index is 11.2. The van der Waals surface area contributed by atoms with Crippen LogP contribution in [0, 0.1) is 0 Å². The first-order valence-corrected chi connectivity index (χ1v) is 3.57. The molecule has 0 fully saturated rings. The van der Waals surface area contributed by atoms with Crippen molar-refractivity contribution in [2.75, 3.05) is 14.2 Å². The van der Waals surface area contributed by atoms with Crippen molar-refractivity contribution < 1.29 is 9.47 Å². The van der Waals surface area contributed by atoms with E-state index in [1.165, 1.54) is 20.4 Å². The normalized spacial score (nSPS) is 9.58. The van der Waals surface area contributed by atoms with Gasteiger partial charge >= 0.3 is 0 Å². The molecule has 0 unspecified atom stereocenters. The standard InChI is InChI=1S/C7H8ClNO3/c1-11-6-5(10)4(8)3-9-7(6)12-2/h3H,1-2H3,(H,9,10). The van der Waals surface area contributed by atoms with Gasteiger partial charge in [-0.2, -0.15) is 0 Å². The van der Waals surface area contributed by atoms with Gasteiger partial charge < -0.3 is 14.5 Å². The summed E-state index contributed by atoms with van der Waals surface area (Å²) in [6.45, 7) is 0. The second-order valence-corrected chi connectivity index (χ2v) is 2.44. The first-order valence-electron chi connectivity index (χ1n) is 3.20. The monoisotopic (exact) mass is 189 g/mol. The van der Waals surface area contributed by atoms with E-state index in [1.54, 1.807) is 0 Å². The third kappa shape index (κ3) is 1.38. The van der Waals surface area contributed by atoms with E-state index in [9.17, 15) is 4.79 Å². The van der Waals surface area contributed by atoms with E-state index >= 15 is 0 Å². The van der Waals surface area contributed by atoms with Crippen molar-refractivity contribution in [2.45, 2.75) is 0 Å². The third-order valence-electron chi connectivity index (χ3n) is 1.37. The average molecular weight is 190 g/mol. The fraction of sp³-hybridized carbons (Fsp3) is 0.286. The Balaban J connectivity index is 3.36. The Hall–Kier alpha value is -1.16. The summed E-state index contributed by atoms with van der Waals surface area (Å²) in [5.74, 6) is 0.358. The van der Waals surface area contributed by atoms with Gasteiger partial charge in [-0.3, -0.25) is 4.79 Å². The lowest BCUT2D eigenvalue weighted by Crippen LogP contribution is -2.08. The van der Waals surface area contributed by atoms with E-state index in [2.05, 4.69) is 4.98 Å². The molecule has 1 N–H and O–H groups in total. The molecule has 1 aromatic rings. The van der Waals surface area contributed by atoms with Crippen LogP contribution in [0.15, 0.2) is 11.0 Å². The molecule has 12 heavy (non-hydrogen) atoms. The second-order valence-electron chi connectivity index (χ2n) is 2.03. The molecule has 0 radical (unpaired) electrons. The van der Waals surface area contributed by atoms with Crippen molar-refractivity contribution in [3.05, 3.63) is 21.4 Å². The predicted octanol–water partition coefficient (Wildman–Crippen LogP) is 1.05. The molecule has 1 heterocycles. The first-order chi connectivity index (χ1) is 5.70. The highest BCUT2D eigenvalue weighted by Gasteiger charge is 2.10. The molecule has 0 atom stereocenters. The number of hydrogen-bond donors (Lipinski definition) is 1. The summed E-state index contributed by atoms with van der Waals surface area (Å²) in [4.78, 5) is 13.9. The zero-order valence-electron chi connectivity index (χ0n) is 6.68. The van der Waals surface area contributed by atoms with Crippen LogP contribution in [0.25, 0.3) is 0 Å². The summed E-state index contributed by atoms with van der Waals surface area (Å²) in [5, 5.41) is 0.0765. The number of aromatic amines is 1. The van der Waals surface area contributed by atoms with Crippen LogP contribution in [0.3, 0.4) is 0 Å². The molecule has 4 nitrogen and oxygen atoms in total. The summed E-state index contributed by atoms with van der Waals surface area (Å²) >= 11 is 5.54. The highest BCUT2D eigenvalue weighted by Crippen LogP contribution is 2.20. The fourth-order valence-electron chi connectivity index (χ4n) is 0.809. The minimum Gasteiger partial charge on any atom is -0.488 e. The van der Waals surface area contributed by atoms with Crippen LogP contribution >= 0.6 is 11.6 Å². The summed E-state index contributed by atoms with van der Waals surface area (Å²) in [6.07, 6.45) is 1.35. The third-order valence-corrected chi connectivity index (χ3v) is 1.65. The topological polar surface area (TPSA) is 51.3 Å². The number of nitrogens with one attached hydrogen (secondary N) is 1. The molecule has 0 saturated heterocycles. The summed E-state index contributed by atoms with van der Waals surface area (Å²) in [5.41, 5.74) is -0.380. The van der Waals surface area contributed by atoms with E-state index in [-0.39, 0.29) is 22.1 Å². The van der Waals surface area contributed by atoms with Crippen molar-refractivity contribution in [2.24, 2.45) is 0 Å². The molecule has 0 aliphatic heterocycles. The molecule has 0 saturated carbocycles. The lowest BCUT2D eigenvalue weighted by Gasteiger charge is -2.05. The molecule has 1 rings (SSSR count). The Morgan fingerprint density at radius 1 is 1.42 bits per heavy atom. The van der Waals surface area contributed by atoms with Gasteiger partial charge in [-0.05, 0) is 0 Å². The Morgan fingerprint density at radius 3 is 2.58 bits per heavy atom. The summed E-state index contributed by atoms with van der Waals surface area (Å²) in [7, 11) is 2.81. The Morgan fingerprint density at radius 2 is 2.08 bits per heavy atom. The Bertz CT molecular complexity index is 334. The van der Waals surface area contributed by atoms with Gasteiger partial charge in [0, 0.05) is 6.20 Å². The highest BCUT2D eigenvalue weighted by atomic mass is 35.5. The van der Waals surface area contributed by atoms with Crippen molar-refractivity contribution in [3.63, 3.8) is 0 Å². The van der Waals surface area contributed by atoms with E-state index in [4.69, 9.17) is 21.1 Å². The Labute approximate surface area is 74.1 Å². The molecular formula is C7H8ClNO3. The molecule has 0 spiro atoms. The van der Waals surface area contributed by atoms with Gasteiger partial charge in [0.05, 0.1) is 14.2 Å². The molecular weight excluding hydrogens is 182 g/mol. The largest absolute Gasteiger partial charge is 0.488 e. The van der Waals surface area contributed by atoms with E-state index in [0.717, 1.165) is 0 Å². The van der Waals surface area contributed by atoms with Crippen LogP contribution in [0.2, 0.25) is 5.02 Å². The van der Waals surface area contributed by atoms with E-state index < -0.39 is 0 Å². The molecule has 5 heteroatoms. The van der Waals surface area contributed by atoms with Gasteiger partial charge in [-0.1, -0.05) is 11.6 Å². The van der Waals surface area contributed by atoms with Gasteiger partial charge in [0.25, 0.3) is 0 Å². The molecule has 0 aliphatic carbocycles. The lowest BCUT2D eigenvalue weighted by atomic mass is 10.4. The van der Waals surface area contributed by atoms with Crippen LogP contribution in [0.5, 0.6) is 11.6 Å². The van der Waals surface area contributed by atoms with Gasteiger partial charge in [-0.15, -0.1) is 0 Å². The average Bonchev–Trinajstić information content (AvgIpc) is 2.09. The van der Waals surface area contributed by atoms with Crippen LogP contribution in [-0.4, -0.2) is 19.2 Å². The first kappa shape index (κ1) is 8.93. The Kier molecular flexibility index (Phi) is 2.60. The van der Waals surface area contributed by atoms with Crippen molar-refractivity contribution >= 4 is 11.6 Å². The summed E-state index contributed by atoms with van der Waals surface area (Å²) < 4.78 is 9.63. The van der Waals surface area contributed by atoms with Gasteiger partial charge in [-0.25, -0.2) is 0 Å². The maximum Gasteiger partial charge on any atom is 0.245 e.